The minimum atomic E-state index is -0.833. The Morgan fingerprint density at radius 2 is 2.30 bits per heavy atom. The summed E-state index contributed by atoms with van der Waals surface area (Å²) in [7, 11) is 0. The first-order valence-electron chi connectivity index (χ1n) is 6.95. The molecule has 108 valence electrons. The van der Waals surface area contributed by atoms with Crippen molar-refractivity contribution in [3.05, 3.63) is 30.1 Å². The van der Waals surface area contributed by atoms with Crippen molar-refractivity contribution in [1.82, 2.24) is 10.3 Å². The van der Waals surface area contributed by atoms with Crippen molar-refractivity contribution in [2.24, 2.45) is 5.41 Å². The number of carbonyl (C=O) groups excluding carboxylic acids is 1. The monoisotopic (exact) mass is 276 g/mol. The van der Waals surface area contributed by atoms with Crippen molar-refractivity contribution in [3.8, 4) is 0 Å². The van der Waals surface area contributed by atoms with Crippen molar-refractivity contribution in [2.75, 3.05) is 0 Å². The molecule has 1 aliphatic rings. The van der Waals surface area contributed by atoms with E-state index in [0.717, 1.165) is 18.5 Å². The third-order valence-corrected chi connectivity index (χ3v) is 4.12. The minimum Gasteiger partial charge on any atom is -0.481 e. The van der Waals surface area contributed by atoms with Crippen LogP contribution in [0.3, 0.4) is 0 Å². The van der Waals surface area contributed by atoms with Gasteiger partial charge in [0.1, 0.15) is 0 Å². The first-order valence-corrected chi connectivity index (χ1v) is 6.95. The van der Waals surface area contributed by atoms with E-state index in [0.29, 0.717) is 19.3 Å². The summed E-state index contributed by atoms with van der Waals surface area (Å²) < 4.78 is 0. The van der Waals surface area contributed by atoms with Crippen molar-refractivity contribution in [1.29, 1.82) is 0 Å². The van der Waals surface area contributed by atoms with Crippen molar-refractivity contribution in [2.45, 2.75) is 45.1 Å². The van der Waals surface area contributed by atoms with Crippen LogP contribution in [0.4, 0.5) is 0 Å². The highest BCUT2D eigenvalue weighted by molar-refractivity contribution is 5.80. The lowest BCUT2D eigenvalue weighted by Crippen LogP contribution is -2.47. The molecule has 2 atom stereocenters. The van der Waals surface area contributed by atoms with Crippen molar-refractivity contribution < 1.29 is 14.7 Å². The van der Waals surface area contributed by atoms with Crippen LogP contribution in [0, 0.1) is 5.41 Å². The fourth-order valence-corrected chi connectivity index (χ4v) is 2.71. The lowest BCUT2D eigenvalue weighted by molar-refractivity contribution is -0.149. The summed E-state index contributed by atoms with van der Waals surface area (Å²) in [6.45, 7) is 1.71. The van der Waals surface area contributed by atoms with Gasteiger partial charge in [-0.25, -0.2) is 0 Å². The number of nitrogens with zero attached hydrogens (tertiary/aromatic N) is 1. The van der Waals surface area contributed by atoms with Gasteiger partial charge >= 0.3 is 5.97 Å². The fraction of sp³-hybridized carbons (Fsp3) is 0.533. The number of hydrogen-bond donors (Lipinski definition) is 2. The maximum Gasteiger partial charge on any atom is 0.311 e. The topological polar surface area (TPSA) is 79.3 Å². The van der Waals surface area contributed by atoms with Gasteiger partial charge in [-0.15, -0.1) is 0 Å². The molecule has 20 heavy (non-hydrogen) atoms. The van der Waals surface area contributed by atoms with Gasteiger partial charge in [0.15, 0.2) is 0 Å². The van der Waals surface area contributed by atoms with E-state index >= 15 is 0 Å². The molecule has 0 radical (unpaired) electrons. The molecule has 0 bridgehead atoms. The molecular weight excluding hydrogens is 256 g/mol. The van der Waals surface area contributed by atoms with E-state index in [1.807, 2.05) is 18.2 Å². The number of amides is 1. The van der Waals surface area contributed by atoms with Crippen LogP contribution < -0.4 is 5.32 Å². The minimum absolute atomic E-state index is 0.102. The van der Waals surface area contributed by atoms with Gasteiger partial charge in [0.05, 0.1) is 5.41 Å². The smallest absolute Gasteiger partial charge is 0.311 e. The second-order valence-corrected chi connectivity index (χ2v) is 5.56. The molecule has 0 saturated heterocycles. The molecule has 2 unspecified atom stereocenters. The number of hydrogen-bond acceptors (Lipinski definition) is 3. The normalized spacial score (nSPS) is 25.4. The lowest BCUT2D eigenvalue weighted by Gasteiger charge is -2.27. The average Bonchev–Trinajstić information content (AvgIpc) is 2.80. The molecule has 0 aliphatic heterocycles. The Balaban J connectivity index is 1.87. The fourth-order valence-electron chi connectivity index (χ4n) is 2.71. The third-order valence-electron chi connectivity index (χ3n) is 4.12. The van der Waals surface area contributed by atoms with Crippen LogP contribution in [0.2, 0.25) is 0 Å². The molecule has 1 fully saturated rings. The first kappa shape index (κ1) is 14.5. The van der Waals surface area contributed by atoms with Gasteiger partial charge < -0.3 is 10.4 Å². The van der Waals surface area contributed by atoms with Crippen LogP contribution in [-0.2, 0) is 16.0 Å². The Hall–Kier alpha value is -1.91. The van der Waals surface area contributed by atoms with Crippen LogP contribution >= 0.6 is 0 Å². The van der Waals surface area contributed by atoms with Gasteiger partial charge in [0.25, 0.3) is 0 Å². The molecule has 1 heterocycles. The summed E-state index contributed by atoms with van der Waals surface area (Å²) in [5.41, 5.74) is 0.0378. The number of aromatic nitrogens is 1. The number of carboxylic acid groups (broad SMARTS) is 1. The van der Waals surface area contributed by atoms with E-state index in [9.17, 15) is 14.7 Å². The Labute approximate surface area is 118 Å². The number of nitrogens with one attached hydrogen (secondary N) is 1. The third kappa shape index (κ3) is 3.15. The summed E-state index contributed by atoms with van der Waals surface area (Å²) in [5.74, 6) is -0.931. The van der Waals surface area contributed by atoms with E-state index in [1.165, 1.54) is 0 Å². The second-order valence-electron chi connectivity index (χ2n) is 5.56. The van der Waals surface area contributed by atoms with E-state index in [2.05, 4.69) is 10.3 Å². The Morgan fingerprint density at radius 3 is 2.95 bits per heavy atom. The average molecular weight is 276 g/mol. The highest BCUT2D eigenvalue weighted by atomic mass is 16.4. The molecule has 1 aromatic rings. The number of aryl methyl sites for hydroxylation is 1. The second kappa shape index (κ2) is 6.03. The van der Waals surface area contributed by atoms with E-state index in [1.54, 1.807) is 13.1 Å². The van der Waals surface area contributed by atoms with E-state index in [-0.39, 0.29) is 11.9 Å². The zero-order valence-electron chi connectivity index (χ0n) is 11.6. The molecule has 1 aliphatic carbocycles. The van der Waals surface area contributed by atoms with Gasteiger partial charge in [0.2, 0.25) is 5.91 Å². The molecular formula is C15H20N2O3. The summed E-state index contributed by atoms with van der Waals surface area (Å²) >= 11 is 0. The van der Waals surface area contributed by atoms with Gasteiger partial charge in [-0.05, 0) is 38.3 Å². The van der Waals surface area contributed by atoms with Crippen LogP contribution in [-0.4, -0.2) is 28.0 Å². The van der Waals surface area contributed by atoms with E-state index < -0.39 is 11.4 Å². The predicted molar refractivity (Wildman–Crippen MR) is 74.1 cm³/mol. The van der Waals surface area contributed by atoms with Crippen LogP contribution in [0.5, 0.6) is 0 Å². The van der Waals surface area contributed by atoms with E-state index in [4.69, 9.17) is 0 Å². The Morgan fingerprint density at radius 1 is 1.50 bits per heavy atom. The summed E-state index contributed by atoms with van der Waals surface area (Å²) in [5, 5.41) is 12.2. The Kier molecular flexibility index (Phi) is 4.37. The SMILES string of the molecule is CC1(C(=O)O)CCCC1NC(=O)CCc1ccccn1. The molecule has 5 nitrogen and oxygen atoms in total. The van der Waals surface area contributed by atoms with Crippen LogP contribution in [0.1, 0.15) is 38.3 Å². The van der Waals surface area contributed by atoms with Crippen LogP contribution in [0.25, 0.3) is 0 Å². The van der Waals surface area contributed by atoms with Gasteiger partial charge in [0, 0.05) is 24.4 Å². The molecule has 0 spiro atoms. The molecule has 2 rings (SSSR count). The zero-order chi connectivity index (χ0) is 14.6. The number of aliphatic carboxylic acids is 1. The summed E-state index contributed by atoms with van der Waals surface area (Å²) in [6, 6.07) is 5.33. The van der Waals surface area contributed by atoms with Crippen LogP contribution in [0.15, 0.2) is 24.4 Å². The highest BCUT2D eigenvalue weighted by Gasteiger charge is 2.45. The van der Waals surface area contributed by atoms with Gasteiger partial charge in [-0.2, -0.15) is 0 Å². The predicted octanol–water partition coefficient (Wildman–Crippen LogP) is 1.77. The molecule has 5 heteroatoms. The standard InChI is InChI=1S/C15H20N2O3/c1-15(14(19)20)9-4-6-12(15)17-13(18)8-7-11-5-2-3-10-16-11/h2-3,5,10,12H,4,6-9H2,1H3,(H,17,18)(H,19,20). The summed E-state index contributed by atoms with van der Waals surface area (Å²) in [4.78, 5) is 27.4. The molecule has 0 aromatic carbocycles. The first-order chi connectivity index (χ1) is 9.52. The molecule has 1 aromatic heterocycles. The highest BCUT2D eigenvalue weighted by Crippen LogP contribution is 2.38. The Bertz CT molecular complexity index is 489. The maximum atomic E-state index is 12.0. The van der Waals surface area contributed by atoms with Gasteiger partial charge in [-0.3, -0.25) is 14.6 Å². The summed E-state index contributed by atoms with van der Waals surface area (Å²) in [6.07, 6.45) is 4.80. The number of carbonyl (C=O) groups is 2. The zero-order valence-corrected chi connectivity index (χ0v) is 11.6. The quantitative estimate of drug-likeness (QED) is 0.859. The maximum absolute atomic E-state index is 12.0. The number of pyridine rings is 1. The molecule has 1 amide bonds. The number of carboxylic acids is 1. The lowest BCUT2D eigenvalue weighted by atomic mass is 9.85. The molecule has 2 N–H and O–H groups in total. The van der Waals surface area contributed by atoms with Gasteiger partial charge in [-0.1, -0.05) is 12.5 Å². The number of rotatable bonds is 5. The van der Waals surface area contributed by atoms with Crippen molar-refractivity contribution >= 4 is 11.9 Å². The largest absolute Gasteiger partial charge is 0.481 e. The van der Waals surface area contributed by atoms with Crippen molar-refractivity contribution in [3.63, 3.8) is 0 Å². The molecule has 1 saturated carbocycles.